The van der Waals surface area contributed by atoms with Gasteiger partial charge in [0.1, 0.15) is 5.69 Å². The molecule has 0 saturated carbocycles. The predicted molar refractivity (Wildman–Crippen MR) is 106 cm³/mol. The first-order valence-corrected chi connectivity index (χ1v) is 10.3. The Hall–Kier alpha value is -2.01. The van der Waals surface area contributed by atoms with E-state index in [-0.39, 0.29) is 12.3 Å². The van der Waals surface area contributed by atoms with Crippen molar-refractivity contribution in [2.24, 2.45) is 0 Å². The van der Waals surface area contributed by atoms with Crippen LogP contribution in [0.15, 0.2) is 28.6 Å². The lowest BCUT2D eigenvalue weighted by Crippen LogP contribution is -2.16. The van der Waals surface area contributed by atoms with Gasteiger partial charge in [0.15, 0.2) is 10.0 Å². The van der Waals surface area contributed by atoms with Crippen LogP contribution in [0.1, 0.15) is 29.5 Å². The van der Waals surface area contributed by atoms with E-state index in [2.05, 4.69) is 32.7 Å². The van der Waals surface area contributed by atoms with Crippen LogP contribution in [0.3, 0.4) is 0 Å². The van der Waals surface area contributed by atoms with Crippen molar-refractivity contribution in [3.05, 3.63) is 40.7 Å². The van der Waals surface area contributed by atoms with Crippen LogP contribution in [0.4, 0.5) is 5.13 Å². The van der Waals surface area contributed by atoms with Gasteiger partial charge in [-0.05, 0) is 30.7 Å². The Morgan fingerprint density at radius 1 is 1.30 bits per heavy atom. The van der Waals surface area contributed by atoms with Gasteiger partial charge in [-0.1, -0.05) is 46.8 Å². The minimum Gasteiger partial charge on any atom is -0.378 e. The second-order valence-corrected chi connectivity index (χ2v) is 8.14. The summed E-state index contributed by atoms with van der Waals surface area (Å²) in [6.07, 6.45) is 1.04. The molecule has 2 heterocycles. The number of thioether (sulfide) groups is 1. The number of ether oxygens (including phenoxy) is 1. The van der Waals surface area contributed by atoms with Crippen molar-refractivity contribution >= 4 is 45.7 Å². The van der Waals surface area contributed by atoms with E-state index in [1.807, 2.05) is 0 Å². The Labute approximate surface area is 169 Å². The van der Waals surface area contributed by atoms with Gasteiger partial charge in [-0.2, -0.15) is 0 Å². The molecule has 0 bridgehead atoms. The minimum absolute atomic E-state index is 0.171. The maximum atomic E-state index is 12.7. The monoisotopic (exact) mass is 424 g/mol. The second kappa shape index (κ2) is 9.27. The maximum Gasteiger partial charge on any atom is 0.280 e. The first-order valence-electron chi connectivity index (χ1n) is 8.09. The van der Waals surface area contributed by atoms with Gasteiger partial charge in [-0.25, -0.2) is 4.68 Å². The molecule has 1 aromatic carbocycles. The zero-order chi connectivity index (χ0) is 19.2. The number of carbonyl (C=O) groups excluding carboxylic acids is 1. The predicted octanol–water partition coefficient (Wildman–Crippen LogP) is 3.67. The van der Waals surface area contributed by atoms with Gasteiger partial charge in [-0.15, -0.1) is 15.3 Å². The molecule has 8 nitrogen and oxygen atoms in total. The molecule has 0 aliphatic heterocycles. The summed E-state index contributed by atoms with van der Waals surface area (Å²) in [5, 5.41) is 19.9. The third-order valence-electron chi connectivity index (χ3n) is 3.39. The number of hydrogen-bond acceptors (Lipinski definition) is 8. The van der Waals surface area contributed by atoms with Crippen molar-refractivity contribution in [1.82, 2.24) is 25.2 Å². The molecule has 1 N–H and O–H groups in total. The highest BCUT2D eigenvalue weighted by atomic mass is 35.5. The third-order valence-corrected chi connectivity index (χ3v) is 5.82. The molecule has 0 spiro atoms. The molecule has 0 saturated heterocycles. The number of hydrogen-bond donors (Lipinski definition) is 1. The van der Waals surface area contributed by atoms with Crippen LogP contribution in [-0.4, -0.2) is 44.0 Å². The van der Waals surface area contributed by atoms with Crippen LogP contribution in [0.25, 0.3) is 5.69 Å². The Balaban J connectivity index is 1.82. The maximum absolute atomic E-state index is 12.7. The molecule has 1 amide bonds. The van der Waals surface area contributed by atoms with E-state index in [4.69, 9.17) is 16.3 Å². The van der Waals surface area contributed by atoms with Crippen molar-refractivity contribution < 1.29 is 9.53 Å². The number of methoxy groups -OCH3 is 1. The van der Waals surface area contributed by atoms with Gasteiger partial charge in [0, 0.05) is 17.9 Å². The molecule has 0 fully saturated rings. The number of aromatic nitrogens is 5. The normalized spacial score (nSPS) is 10.9. The highest BCUT2D eigenvalue weighted by Crippen LogP contribution is 2.26. The van der Waals surface area contributed by atoms with Crippen molar-refractivity contribution in [2.75, 3.05) is 18.2 Å². The molecular weight excluding hydrogens is 408 g/mol. The molecular formula is C16H17ClN6O2S2. The van der Waals surface area contributed by atoms with Crippen LogP contribution in [0.5, 0.6) is 0 Å². The molecule has 142 valence electrons. The van der Waals surface area contributed by atoms with E-state index in [0.717, 1.165) is 22.2 Å². The summed E-state index contributed by atoms with van der Waals surface area (Å²) in [5.41, 5.74) is 1.43. The average Bonchev–Trinajstić information content (AvgIpc) is 3.28. The molecule has 0 atom stereocenters. The standard InChI is InChI=1S/C16H17ClN6O2S2/c1-3-8-26-16-21-20-15(27-16)18-14(24)13-12(9-25-2)23(22-19-13)11-6-4-10(17)5-7-11/h4-7H,3,8-9H2,1-2H3,(H,18,20,24). The van der Waals surface area contributed by atoms with Crippen LogP contribution in [0, 0.1) is 0 Å². The molecule has 3 rings (SSSR count). The largest absolute Gasteiger partial charge is 0.378 e. The SMILES string of the molecule is CCCSc1nnc(NC(=O)c2nnn(-c3ccc(Cl)cc3)c2COC)s1. The Morgan fingerprint density at radius 3 is 2.78 bits per heavy atom. The van der Waals surface area contributed by atoms with Crippen LogP contribution >= 0.6 is 34.7 Å². The van der Waals surface area contributed by atoms with Gasteiger partial charge in [0.25, 0.3) is 5.91 Å². The van der Waals surface area contributed by atoms with E-state index in [1.54, 1.807) is 47.8 Å². The summed E-state index contributed by atoms with van der Waals surface area (Å²) in [6.45, 7) is 2.27. The molecule has 0 radical (unpaired) electrons. The fraction of sp³-hybridized carbons (Fsp3) is 0.312. The highest BCUT2D eigenvalue weighted by molar-refractivity contribution is 8.01. The quantitative estimate of drug-likeness (QED) is 0.435. The molecule has 0 unspecified atom stereocenters. The number of benzene rings is 1. The van der Waals surface area contributed by atoms with E-state index < -0.39 is 5.91 Å². The Kier molecular flexibility index (Phi) is 6.78. The van der Waals surface area contributed by atoms with Gasteiger partial charge in [0.05, 0.1) is 12.3 Å². The topological polar surface area (TPSA) is 94.8 Å². The molecule has 27 heavy (non-hydrogen) atoms. The van der Waals surface area contributed by atoms with Gasteiger partial charge >= 0.3 is 0 Å². The lowest BCUT2D eigenvalue weighted by Gasteiger charge is -2.07. The van der Waals surface area contributed by atoms with E-state index >= 15 is 0 Å². The smallest absolute Gasteiger partial charge is 0.280 e. The summed E-state index contributed by atoms with van der Waals surface area (Å²) < 4.78 is 7.59. The first-order chi connectivity index (χ1) is 13.1. The lowest BCUT2D eigenvalue weighted by molar-refractivity contribution is 0.101. The van der Waals surface area contributed by atoms with E-state index in [9.17, 15) is 4.79 Å². The van der Waals surface area contributed by atoms with Crippen molar-refractivity contribution in [1.29, 1.82) is 0 Å². The summed E-state index contributed by atoms with van der Waals surface area (Å²) >= 11 is 8.87. The number of rotatable bonds is 8. The Bertz CT molecular complexity index is 912. The number of nitrogens with one attached hydrogen (secondary N) is 1. The Morgan fingerprint density at radius 2 is 2.07 bits per heavy atom. The fourth-order valence-electron chi connectivity index (χ4n) is 2.20. The van der Waals surface area contributed by atoms with Gasteiger partial charge in [0.2, 0.25) is 5.13 Å². The minimum atomic E-state index is -0.412. The van der Waals surface area contributed by atoms with Gasteiger partial charge < -0.3 is 4.74 Å². The van der Waals surface area contributed by atoms with Crippen molar-refractivity contribution in [3.63, 3.8) is 0 Å². The summed E-state index contributed by atoms with van der Waals surface area (Å²) in [6, 6.07) is 7.07. The van der Waals surface area contributed by atoms with Crippen molar-refractivity contribution in [2.45, 2.75) is 24.3 Å². The summed E-state index contributed by atoms with van der Waals surface area (Å²) in [4.78, 5) is 12.7. The van der Waals surface area contributed by atoms with E-state index in [1.165, 1.54) is 11.3 Å². The van der Waals surface area contributed by atoms with Crippen LogP contribution < -0.4 is 5.32 Å². The number of amides is 1. The summed E-state index contributed by atoms with van der Waals surface area (Å²) in [7, 11) is 1.54. The van der Waals surface area contributed by atoms with E-state index in [0.29, 0.717) is 15.8 Å². The first kappa shape index (κ1) is 19.7. The molecule has 2 aromatic heterocycles. The van der Waals surface area contributed by atoms with Crippen LogP contribution in [0.2, 0.25) is 5.02 Å². The number of carbonyl (C=O) groups is 1. The number of anilines is 1. The molecule has 3 aromatic rings. The third kappa shape index (κ3) is 4.83. The summed E-state index contributed by atoms with van der Waals surface area (Å²) in [5.74, 6) is 0.543. The molecule has 0 aliphatic carbocycles. The highest BCUT2D eigenvalue weighted by Gasteiger charge is 2.22. The average molecular weight is 425 g/mol. The van der Waals surface area contributed by atoms with Crippen molar-refractivity contribution in [3.8, 4) is 5.69 Å². The second-order valence-electron chi connectivity index (χ2n) is 5.38. The zero-order valence-corrected chi connectivity index (χ0v) is 17.1. The number of nitrogens with zero attached hydrogens (tertiary/aromatic N) is 5. The zero-order valence-electron chi connectivity index (χ0n) is 14.7. The van der Waals surface area contributed by atoms with Gasteiger partial charge in [-0.3, -0.25) is 10.1 Å². The molecule has 11 heteroatoms. The fourth-order valence-corrected chi connectivity index (χ4v) is 4.00. The molecule has 0 aliphatic rings. The number of halogens is 1. The lowest BCUT2D eigenvalue weighted by atomic mass is 10.2. The van der Waals surface area contributed by atoms with Crippen LogP contribution in [-0.2, 0) is 11.3 Å².